The van der Waals surface area contributed by atoms with Gasteiger partial charge in [-0.1, -0.05) is 55.2 Å². The summed E-state index contributed by atoms with van der Waals surface area (Å²) in [6.45, 7) is 3.40. The second-order valence-corrected chi connectivity index (χ2v) is 10.3. The first-order valence-corrected chi connectivity index (χ1v) is 13.1. The van der Waals surface area contributed by atoms with Crippen LogP contribution in [0.2, 0.25) is 10.0 Å². The number of benzene rings is 2. The smallest absolute Gasteiger partial charge is 0.244 e. The summed E-state index contributed by atoms with van der Waals surface area (Å²) in [6, 6.07) is 11.2. The minimum absolute atomic E-state index is 0.0635. The Kier molecular flexibility index (Phi) is 9.57. The number of sulfonamides is 1. The minimum atomic E-state index is -3.76. The average molecular weight is 514 g/mol. The molecule has 0 aliphatic rings. The summed E-state index contributed by atoms with van der Waals surface area (Å²) < 4.78 is 26.2. The number of aryl methyl sites for hydroxylation is 1. The standard InChI is InChI=1S/C23H29Cl2N3O4S/c1-5-16-7-10-18(11-8-16)28(33(4,31)32)15-22(29)27(21(6-2)23(30)26-3)14-17-9-12-19(24)20(25)13-17/h7-13,21H,5-6,14-15H2,1-4H3,(H,26,30)/t21-/m1/s1. The van der Waals surface area contributed by atoms with Crippen molar-refractivity contribution >= 4 is 50.7 Å². The third kappa shape index (κ3) is 7.09. The maximum Gasteiger partial charge on any atom is 0.244 e. The quantitative estimate of drug-likeness (QED) is 0.522. The summed E-state index contributed by atoms with van der Waals surface area (Å²) in [5.74, 6) is -0.856. The molecule has 0 unspecified atom stereocenters. The van der Waals surface area contributed by atoms with Gasteiger partial charge in [0, 0.05) is 13.6 Å². The van der Waals surface area contributed by atoms with E-state index in [2.05, 4.69) is 5.32 Å². The highest BCUT2D eigenvalue weighted by molar-refractivity contribution is 7.92. The number of anilines is 1. The van der Waals surface area contributed by atoms with Gasteiger partial charge < -0.3 is 10.2 Å². The number of halogens is 2. The highest BCUT2D eigenvalue weighted by Crippen LogP contribution is 2.25. The highest BCUT2D eigenvalue weighted by Gasteiger charge is 2.31. The Morgan fingerprint density at radius 2 is 1.61 bits per heavy atom. The zero-order valence-electron chi connectivity index (χ0n) is 19.1. The summed E-state index contributed by atoms with van der Waals surface area (Å²) in [4.78, 5) is 27.4. The van der Waals surface area contributed by atoms with E-state index in [0.717, 1.165) is 22.5 Å². The maximum absolute atomic E-state index is 13.5. The molecule has 0 heterocycles. The van der Waals surface area contributed by atoms with Crippen molar-refractivity contribution in [3.63, 3.8) is 0 Å². The van der Waals surface area contributed by atoms with E-state index >= 15 is 0 Å². The molecule has 0 aliphatic carbocycles. The highest BCUT2D eigenvalue weighted by atomic mass is 35.5. The molecule has 2 aromatic rings. The molecular weight excluding hydrogens is 485 g/mol. The summed E-state index contributed by atoms with van der Waals surface area (Å²) >= 11 is 12.1. The molecule has 10 heteroatoms. The van der Waals surface area contributed by atoms with Crippen molar-refractivity contribution < 1.29 is 18.0 Å². The second-order valence-electron chi connectivity index (χ2n) is 7.60. The third-order valence-electron chi connectivity index (χ3n) is 5.28. The molecule has 0 aliphatic heterocycles. The van der Waals surface area contributed by atoms with Gasteiger partial charge in [-0.25, -0.2) is 8.42 Å². The fraction of sp³-hybridized carbons (Fsp3) is 0.391. The van der Waals surface area contributed by atoms with Crippen LogP contribution in [0.1, 0.15) is 31.4 Å². The summed E-state index contributed by atoms with van der Waals surface area (Å²) in [5, 5.41) is 3.27. The van der Waals surface area contributed by atoms with Gasteiger partial charge in [-0.15, -0.1) is 0 Å². The molecule has 0 radical (unpaired) electrons. The first-order chi connectivity index (χ1) is 15.5. The Bertz CT molecular complexity index is 1090. The number of hydrogen-bond acceptors (Lipinski definition) is 4. The number of amides is 2. The van der Waals surface area contributed by atoms with Crippen LogP contribution in [0, 0.1) is 0 Å². The SMILES string of the molecule is CCc1ccc(N(CC(=O)N(Cc2ccc(Cl)c(Cl)c2)[C@H](CC)C(=O)NC)S(C)(=O)=O)cc1. The van der Waals surface area contributed by atoms with Crippen molar-refractivity contribution in [3.05, 3.63) is 63.6 Å². The summed E-state index contributed by atoms with van der Waals surface area (Å²) in [6.07, 6.45) is 2.20. The van der Waals surface area contributed by atoms with Crippen LogP contribution in [0.5, 0.6) is 0 Å². The van der Waals surface area contributed by atoms with Crippen molar-refractivity contribution in [2.75, 3.05) is 24.2 Å². The molecule has 0 fully saturated rings. The van der Waals surface area contributed by atoms with E-state index in [4.69, 9.17) is 23.2 Å². The van der Waals surface area contributed by atoms with Gasteiger partial charge in [0.2, 0.25) is 21.8 Å². The van der Waals surface area contributed by atoms with E-state index in [1.807, 2.05) is 19.1 Å². The molecular formula is C23H29Cl2N3O4S. The third-order valence-corrected chi connectivity index (χ3v) is 7.16. The molecule has 33 heavy (non-hydrogen) atoms. The van der Waals surface area contributed by atoms with Crippen LogP contribution >= 0.6 is 23.2 Å². The fourth-order valence-electron chi connectivity index (χ4n) is 3.43. The van der Waals surface area contributed by atoms with Crippen LogP contribution in [0.3, 0.4) is 0 Å². The van der Waals surface area contributed by atoms with Crippen LogP contribution in [0.25, 0.3) is 0 Å². The monoisotopic (exact) mass is 513 g/mol. The summed E-state index contributed by atoms with van der Waals surface area (Å²) in [5.41, 5.74) is 2.09. The molecule has 0 bridgehead atoms. The lowest BCUT2D eigenvalue weighted by Crippen LogP contribution is -2.51. The first kappa shape index (κ1) is 27.0. The molecule has 2 amide bonds. The van der Waals surface area contributed by atoms with Crippen molar-refractivity contribution in [3.8, 4) is 0 Å². The lowest BCUT2D eigenvalue weighted by molar-refractivity contribution is -0.140. The van der Waals surface area contributed by atoms with Gasteiger partial charge in [-0.2, -0.15) is 0 Å². The van der Waals surface area contributed by atoms with Crippen molar-refractivity contribution in [1.29, 1.82) is 0 Å². The van der Waals surface area contributed by atoms with Crippen LogP contribution in [-0.2, 0) is 32.6 Å². The number of likely N-dealkylation sites (N-methyl/N-ethyl adjacent to an activating group) is 1. The molecule has 1 atom stereocenters. The first-order valence-electron chi connectivity index (χ1n) is 10.5. The Morgan fingerprint density at radius 1 is 1.00 bits per heavy atom. The number of nitrogens with one attached hydrogen (secondary N) is 1. The Balaban J connectivity index is 2.43. The normalized spacial score (nSPS) is 12.2. The largest absolute Gasteiger partial charge is 0.357 e. The summed E-state index contributed by atoms with van der Waals surface area (Å²) in [7, 11) is -2.27. The molecule has 0 saturated heterocycles. The van der Waals surface area contributed by atoms with Crippen LogP contribution in [0.4, 0.5) is 5.69 Å². The van der Waals surface area contributed by atoms with E-state index in [9.17, 15) is 18.0 Å². The number of hydrogen-bond donors (Lipinski definition) is 1. The van der Waals surface area contributed by atoms with Crippen LogP contribution < -0.4 is 9.62 Å². The van der Waals surface area contributed by atoms with Gasteiger partial charge in [-0.05, 0) is 48.2 Å². The number of carbonyl (C=O) groups is 2. The minimum Gasteiger partial charge on any atom is -0.357 e. The van der Waals surface area contributed by atoms with Gasteiger partial charge in [0.05, 0.1) is 22.0 Å². The van der Waals surface area contributed by atoms with E-state index in [-0.39, 0.29) is 12.5 Å². The zero-order valence-corrected chi connectivity index (χ0v) is 21.5. The van der Waals surface area contributed by atoms with E-state index < -0.39 is 28.5 Å². The molecule has 2 aromatic carbocycles. The average Bonchev–Trinajstić information content (AvgIpc) is 2.78. The predicted molar refractivity (Wildman–Crippen MR) is 133 cm³/mol. The van der Waals surface area contributed by atoms with Gasteiger partial charge in [0.15, 0.2) is 0 Å². The van der Waals surface area contributed by atoms with E-state index in [0.29, 0.717) is 27.7 Å². The Hall–Kier alpha value is -2.29. The Morgan fingerprint density at radius 3 is 2.09 bits per heavy atom. The Labute approximate surface area is 205 Å². The van der Waals surface area contributed by atoms with Gasteiger partial charge in [0.1, 0.15) is 12.6 Å². The fourth-order valence-corrected chi connectivity index (χ4v) is 4.60. The van der Waals surface area contributed by atoms with Crippen LogP contribution in [0.15, 0.2) is 42.5 Å². The molecule has 7 nitrogen and oxygen atoms in total. The van der Waals surface area contributed by atoms with E-state index in [1.54, 1.807) is 37.3 Å². The van der Waals surface area contributed by atoms with Crippen molar-refractivity contribution in [1.82, 2.24) is 10.2 Å². The zero-order chi connectivity index (χ0) is 24.8. The number of rotatable bonds is 10. The molecule has 0 saturated carbocycles. The lowest BCUT2D eigenvalue weighted by Gasteiger charge is -2.32. The van der Waals surface area contributed by atoms with Crippen molar-refractivity contribution in [2.45, 2.75) is 39.3 Å². The molecule has 0 aromatic heterocycles. The van der Waals surface area contributed by atoms with Crippen molar-refractivity contribution in [2.24, 2.45) is 0 Å². The molecule has 180 valence electrons. The maximum atomic E-state index is 13.5. The van der Waals surface area contributed by atoms with Crippen LogP contribution in [-0.4, -0.2) is 51.0 Å². The van der Waals surface area contributed by atoms with Gasteiger partial charge in [0.25, 0.3) is 0 Å². The van der Waals surface area contributed by atoms with Gasteiger partial charge in [-0.3, -0.25) is 13.9 Å². The lowest BCUT2D eigenvalue weighted by atomic mass is 10.1. The predicted octanol–water partition coefficient (Wildman–Crippen LogP) is 3.88. The van der Waals surface area contributed by atoms with E-state index in [1.165, 1.54) is 11.9 Å². The number of nitrogens with zero attached hydrogens (tertiary/aromatic N) is 2. The van der Waals surface area contributed by atoms with Gasteiger partial charge >= 0.3 is 0 Å². The molecule has 1 N–H and O–H groups in total. The molecule has 0 spiro atoms. The molecule has 2 rings (SSSR count). The second kappa shape index (κ2) is 11.7. The topological polar surface area (TPSA) is 86.8 Å². The number of carbonyl (C=O) groups excluding carboxylic acids is 2.